The van der Waals surface area contributed by atoms with Crippen LogP contribution < -0.4 is 10.6 Å². The number of H-pyrrole nitrogens is 1. The highest BCUT2D eigenvalue weighted by Crippen LogP contribution is 2.38. The van der Waals surface area contributed by atoms with Crippen LogP contribution in [0.1, 0.15) is 0 Å². The summed E-state index contributed by atoms with van der Waals surface area (Å²) < 4.78 is 1.28. The molecule has 0 saturated heterocycles. The number of nitrogens with one attached hydrogen (secondary N) is 2. The van der Waals surface area contributed by atoms with E-state index in [0.717, 1.165) is 47.0 Å². The number of fused-ring (bicyclic) bond motifs is 2. The molecule has 31 heavy (non-hydrogen) atoms. The molecule has 0 unspecified atom stereocenters. The Kier molecular flexibility index (Phi) is 5.33. The van der Waals surface area contributed by atoms with Gasteiger partial charge in [0.2, 0.25) is 0 Å². The van der Waals surface area contributed by atoms with Gasteiger partial charge in [-0.2, -0.15) is 15.1 Å². The third kappa shape index (κ3) is 4.27. The predicted molar refractivity (Wildman–Crippen MR) is 127 cm³/mol. The number of likely N-dealkylation sites (N-methyl/N-ethyl adjacent to an activating group) is 1. The first-order valence-electron chi connectivity index (χ1n) is 10.2. The van der Waals surface area contributed by atoms with E-state index in [-0.39, 0.29) is 0 Å². The quantitative estimate of drug-likeness (QED) is 0.366. The molecule has 0 aliphatic carbocycles. The third-order valence-electron chi connectivity index (χ3n) is 5.09. The Morgan fingerprint density at radius 2 is 2.00 bits per heavy atom. The highest BCUT2D eigenvalue weighted by Gasteiger charge is 2.12. The summed E-state index contributed by atoms with van der Waals surface area (Å²) in [5.74, 6) is 1.51. The largest absolute Gasteiger partial charge is 0.340 e. The van der Waals surface area contributed by atoms with Gasteiger partial charge in [0.25, 0.3) is 0 Å². The van der Waals surface area contributed by atoms with Gasteiger partial charge in [-0.05, 0) is 49.8 Å². The molecule has 7 nitrogen and oxygen atoms in total. The number of hydrogen-bond donors (Lipinski definition) is 3. The molecule has 0 aliphatic rings. The fourth-order valence-corrected chi connectivity index (χ4v) is 4.67. The van der Waals surface area contributed by atoms with E-state index in [9.17, 15) is 0 Å². The summed E-state index contributed by atoms with van der Waals surface area (Å²) >= 11 is 1.79. The first-order valence-corrected chi connectivity index (χ1v) is 11.0. The standard InChI is InChI=1S/C23H23N7S/c1-30(2)10-9-25-23-24-8-7-21(28-23)27-17-11-16-14-26-29-22(16)18(13-17)20-12-15-5-3-4-6-19(15)31-20/h3-8,11-14H,9-10H2,1-2H3,(H,26,29)(H2,24,25,27,28)/p+1. The summed E-state index contributed by atoms with van der Waals surface area (Å²) in [6, 6.07) is 16.8. The number of anilines is 2. The van der Waals surface area contributed by atoms with Crippen LogP contribution in [0.2, 0.25) is 0 Å². The zero-order valence-electron chi connectivity index (χ0n) is 17.5. The highest BCUT2D eigenvalue weighted by atomic mass is 32.1. The smallest absolute Gasteiger partial charge is 0.327 e. The summed E-state index contributed by atoms with van der Waals surface area (Å²) in [5, 5.41) is 15.3. The van der Waals surface area contributed by atoms with Gasteiger partial charge in [-0.15, -0.1) is 11.3 Å². The third-order valence-corrected chi connectivity index (χ3v) is 6.24. The summed E-state index contributed by atoms with van der Waals surface area (Å²) in [4.78, 5) is 12.4. The Hall–Kier alpha value is -3.33. The average molecular weight is 431 g/mol. The molecule has 8 heteroatoms. The van der Waals surface area contributed by atoms with E-state index in [1.54, 1.807) is 17.5 Å². The van der Waals surface area contributed by atoms with Crippen LogP contribution >= 0.6 is 11.3 Å². The molecular formula is C23H24N7S+. The van der Waals surface area contributed by atoms with Crippen molar-refractivity contribution in [2.24, 2.45) is 0 Å². The van der Waals surface area contributed by atoms with E-state index in [2.05, 4.69) is 92.3 Å². The van der Waals surface area contributed by atoms with Crippen LogP contribution in [0.4, 0.5) is 17.5 Å². The number of nitrogens with zero attached hydrogens (tertiary/aromatic N) is 4. The fraction of sp³-hybridized carbons (Fsp3) is 0.174. The number of aromatic nitrogens is 4. The highest BCUT2D eigenvalue weighted by molar-refractivity contribution is 7.22. The minimum atomic E-state index is 0.737. The minimum absolute atomic E-state index is 0.737. The molecule has 0 saturated carbocycles. The predicted octanol–water partition coefficient (Wildman–Crippen LogP) is 3.73. The number of rotatable bonds is 7. The lowest BCUT2D eigenvalue weighted by Gasteiger charge is -2.10. The Bertz CT molecular complexity index is 1310. The number of thiophene rings is 1. The van der Waals surface area contributed by atoms with Crippen molar-refractivity contribution >= 4 is 49.8 Å². The summed E-state index contributed by atoms with van der Waals surface area (Å²) in [5.41, 5.74) is 3.14. The Morgan fingerprint density at radius 3 is 2.87 bits per heavy atom. The van der Waals surface area contributed by atoms with Gasteiger partial charge in [-0.1, -0.05) is 18.2 Å². The van der Waals surface area contributed by atoms with Crippen LogP contribution in [0, 0.1) is 0 Å². The zero-order valence-corrected chi connectivity index (χ0v) is 18.3. The van der Waals surface area contributed by atoms with Crippen molar-refractivity contribution in [2.75, 3.05) is 32.5 Å². The second-order valence-corrected chi connectivity index (χ2v) is 8.81. The molecular weight excluding hydrogens is 406 g/mol. The number of quaternary nitrogens is 1. The Morgan fingerprint density at radius 1 is 1.10 bits per heavy atom. The average Bonchev–Trinajstić information content (AvgIpc) is 3.40. The number of nitrogens with two attached hydrogens (primary N) is 1. The molecule has 0 aliphatic heterocycles. The first kappa shape index (κ1) is 19.6. The van der Waals surface area contributed by atoms with Crippen LogP contribution in [0.25, 0.3) is 31.4 Å². The molecule has 4 N–H and O–H groups in total. The van der Waals surface area contributed by atoms with E-state index >= 15 is 0 Å². The normalized spacial score (nSPS) is 11.6. The topological polar surface area (TPSA) is 86.3 Å². The molecule has 2 aromatic carbocycles. The second-order valence-electron chi connectivity index (χ2n) is 7.73. The van der Waals surface area contributed by atoms with Gasteiger partial charge in [0.1, 0.15) is 5.82 Å². The van der Waals surface area contributed by atoms with Gasteiger partial charge in [0.05, 0.1) is 18.3 Å². The molecule has 0 spiro atoms. The van der Waals surface area contributed by atoms with Crippen LogP contribution in [-0.4, -0.2) is 52.3 Å². The van der Waals surface area contributed by atoms with Crippen molar-refractivity contribution < 1.29 is 5.32 Å². The molecule has 0 amide bonds. The lowest BCUT2D eigenvalue weighted by atomic mass is 10.1. The molecule has 5 rings (SSSR count). The SMILES string of the molecule is CN(C)CC[NH2+]c1nccc(Nc2cc(-c3cc4ccccc4s3)c3[nH]ncc3c2)n1. The van der Waals surface area contributed by atoms with E-state index in [1.807, 2.05) is 12.3 Å². The van der Waals surface area contributed by atoms with Gasteiger partial charge in [-0.3, -0.25) is 10.4 Å². The van der Waals surface area contributed by atoms with Gasteiger partial charge in [0.15, 0.2) is 0 Å². The van der Waals surface area contributed by atoms with E-state index in [1.165, 1.54) is 15.0 Å². The molecule has 156 valence electrons. The molecule has 0 fully saturated rings. The molecule has 5 aromatic rings. The molecule has 3 heterocycles. The van der Waals surface area contributed by atoms with Crippen molar-refractivity contribution in [3.8, 4) is 10.4 Å². The van der Waals surface area contributed by atoms with Crippen molar-refractivity contribution in [3.05, 3.63) is 60.9 Å². The minimum Gasteiger partial charge on any atom is -0.340 e. The van der Waals surface area contributed by atoms with Gasteiger partial charge >= 0.3 is 5.95 Å². The molecule has 3 aromatic heterocycles. The maximum Gasteiger partial charge on any atom is 0.327 e. The second kappa shape index (κ2) is 8.43. The maximum absolute atomic E-state index is 4.65. The summed E-state index contributed by atoms with van der Waals surface area (Å²) in [6.07, 6.45) is 3.65. The van der Waals surface area contributed by atoms with Gasteiger partial charge < -0.3 is 10.2 Å². The van der Waals surface area contributed by atoms with Crippen LogP contribution in [0.5, 0.6) is 0 Å². The molecule has 0 radical (unpaired) electrons. The van der Waals surface area contributed by atoms with Crippen molar-refractivity contribution in [1.29, 1.82) is 0 Å². The van der Waals surface area contributed by atoms with Crippen molar-refractivity contribution in [1.82, 2.24) is 25.1 Å². The van der Waals surface area contributed by atoms with Crippen molar-refractivity contribution in [2.45, 2.75) is 0 Å². The lowest BCUT2D eigenvalue weighted by molar-refractivity contribution is -0.578. The monoisotopic (exact) mass is 430 g/mol. The van der Waals surface area contributed by atoms with E-state index < -0.39 is 0 Å². The molecule has 0 atom stereocenters. The number of benzene rings is 2. The first-order chi connectivity index (χ1) is 15.2. The van der Waals surface area contributed by atoms with E-state index in [0.29, 0.717) is 0 Å². The van der Waals surface area contributed by atoms with Gasteiger partial charge in [0, 0.05) is 39.0 Å². The van der Waals surface area contributed by atoms with E-state index in [4.69, 9.17) is 0 Å². The number of aromatic amines is 1. The maximum atomic E-state index is 4.65. The Balaban J connectivity index is 1.46. The van der Waals surface area contributed by atoms with Crippen molar-refractivity contribution in [3.63, 3.8) is 0 Å². The van der Waals surface area contributed by atoms with Crippen LogP contribution in [0.3, 0.4) is 0 Å². The fourth-order valence-electron chi connectivity index (χ4n) is 3.58. The van der Waals surface area contributed by atoms with Gasteiger partial charge in [-0.25, -0.2) is 0 Å². The van der Waals surface area contributed by atoms with Crippen LogP contribution in [-0.2, 0) is 0 Å². The Labute approximate surface area is 184 Å². The van der Waals surface area contributed by atoms with Crippen LogP contribution in [0.15, 0.2) is 60.9 Å². The number of hydrogen-bond acceptors (Lipinski definition) is 6. The summed E-state index contributed by atoms with van der Waals surface area (Å²) in [6.45, 7) is 1.88. The summed E-state index contributed by atoms with van der Waals surface area (Å²) in [7, 11) is 4.12. The molecule has 0 bridgehead atoms. The lowest BCUT2D eigenvalue weighted by Crippen LogP contribution is -2.80. The zero-order chi connectivity index (χ0) is 21.2.